The Morgan fingerprint density at radius 3 is 2.52 bits per heavy atom. The first kappa shape index (κ1) is 16.8. The molecule has 0 bridgehead atoms. The monoisotopic (exact) mass is 340 g/mol. The van der Waals surface area contributed by atoms with E-state index in [1.54, 1.807) is 30.8 Å². The fourth-order valence-electron chi connectivity index (χ4n) is 2.96. The Morgan fingerprint density at radius 1 is 1.12 bits per heavy atom. The van der Waals surface area contributed by atoms with Gasteiger partial charge in [0.1, 0.15) is 11.0 Å². The van der Waals surface area contributed by atoms with Crippen LogP contribution in [0, 0.1) is 13.8 Å². The van der Waals surface area contributed by atoms with Crippen LogP contribution >= 0.6 is 0 Å². The maximum atomic E-state index is 12.2. The third-order valence-corrected chi connectivity index (χ3v) is 4.05. The van der Waals surface area contributed by atoms with E-state index in [-0.39, 0.29) is 18.1 Å². The summed E-state index contributed by atoms with van der Waals surface area (Å²) in [5, 5.41) is 15.6. The molecule has 130 valence electrons. The SMILES string of the molecule is CC(=O)c1c(C)nn(CCC(=O)Nc2ccc3nn(C)nc3c2)c1C. The van der Waals surface area contributed by atoms with Crippen molar-refractivity contribution in [1.82, 2.24) is 24.8 Å². The van der Waals surface area contributed by atoms with E-state index < -0.39 is 0 Å². The zero-order valence-electron chi connectivity index (χ0n) is 14.7. The van der Waals surface area contributed by atoms with E-state index >= 15 is 0 Å². The van der Waals surface area contributed by atoms with Gasteiger partial charge in [0.2, 0.25) is 5.91 Å². The van der Waals surface area contributed by atoms with E-state index in [1.807, 2.05) is 13.0 Å². The van der Waals surface area contributed by atoms with E-state index in [4.69, 9.17) is 0 Å². The van der Waals surface area contributed by atoms with E-state index in [0.29, 0.717) is 23.5 Å². The van der Waals surface area contributed by atoms with Crippen molar-refractivity contribution in [1.29, 1.82) is 0 Å². The van der Waals surface area contributed by atoms with Gasteiger partial charge in [-0.05, 0) is 39.0 Å². The molecule has 3 rings (SSSR count). The van der Waals surface area contributed by atoms with Crippen LogP contribution in [0.4, 0.5) is 5.69 Å². The maximum Gasteiger partial charge on any atom is 0.226 e. The lowest BCUT2D eigenvalue weighted by Gasteiger charge is -2.07. The van der Waals surface area contributed by atoms with Crippen molar-refractivity contribution in [2.24, 2.45) is 7.05 Å². The molecule has 0 aliphatic carbocycles. The number of carbonyl (C=O) groups is 2. The molecule has 0 atom stereocenters. The smallest absolute Gasteiger partial charge is 0.226 e. The molecule has 2 aromatic heterocycles. The molecule has 0 spiro atoms. The number of fused-ring (bicyclic) bond motifs is 1. The molecule has 0 saturated heterocycles. The molecule has 25 heavy (non-hydrogen) atoms. The first-order valence-electron chi connectivity index (χ1n) is 8.01. The van der Waals surface area contributed by atoms with Gasteiger partial charge in [-0.15, -0.1) is 0 Å². The molecular weight excluding hydrogens is 320 g/mol. The number of aromatic nitrogens is 5. The number of hydrogen-bond acceptors (Lipinski definition) is 5. The summed E-state index contributed by atoms with van der Waals surface area (Å²) in [4.78, 5) is 25.3. The third kappa shape index (κ3) is 3.42. The van der Waals surface area contributed by atoms with Gasteiger partial charge in [0.25, 0.3) is 0 Å². The van der Waals surface area contributed by atoms with Crippen molar-refractivity contribution in [3.05, 3.63) is 35.2 Å². The summed E-state index contributed by atoms with van der Waals surface area (Å²) in [6.07, 6.45) is 0.262. The molecule has 0 radical (unpaired) electrons. The molecule has 1 amide bonds. The average Bonchev–Trinajstić information content (AvgIpc) is 3.03. The van der Waals surface area contributed by atoms with Gasteiger partial charge >= 0.3 is 0 Å². The zero-order chi connectivity index (χ0) is 18.1. The van der Waals surface area contributed by atoms with Crippen LogP contribution < -0.4 is 5.32 Å². The van der Waals surface area contributed by atoms with Gasteiger partial charge in [-0.3, -0.25) is 14.3 Å². The molecule has 1 N–H and O–H groups in total. The molecule has 0 fully saturated rings. The van der Waals surface area contributed by atoms with Gasteiger partial charge in [0.05, 0.1) is 11.3 Å². The van der Waals surface area contributed by atoms with E-state index in [9.17, 15) is 9.59 Å². The van der Waals surface area contributed by atoms with E-state index in [0.717, 1.165) is 16.7 Å². The summed E-state index contributed by atoms with van der Waals surface area (Å²) >= 11 is 0. The molecular formula is C17H20N6O2. The van der Waals surface area contributed by atoms with Crippen molar-refractivity contribution in [3.8, 4) is 0 Å². The second kappa shape index (κ2) is 6.46. The number of nitrogens with one attached hydrogen (secondary N) is 1. The van der Waals surface area contributed by atoms with E-state index in [2.05, 4.69) is 20.6 Å². The molecule has 0 aliphatic rings. The highest BCUT2D eigenvalue weighted by atomic mass is 16.1. The Balaban J connectivity index is 1.66. The average molecular weight is 340 g/mol. The predicted octanol–water partition coefficient (Wildman–Crippen LogP) is 2.01. The molecule has 3 aromatic rings. The largest absolute Gasteiger partial charge is 0.326 e. The van der Waals surface area contributed by atoms with Crippen LogP contribution in [0.3, 0.4) is 0 Å². The lowest BCUT2D eigenvalue weighted by Crippen LogP contribution is -2.15. The normalized spacial score (nSPS) is 11.0. The molecule has 8 nitrogen and oxygen atoms in total. The summed E-state index contributed by atoms with van der Waals surface area (Å²) in [7, 11) is 1.75. The summed E-state index contributed by atoms with van der Waals surface area (Å²) in [6.45, 7) is 5.59. The van der Waals surface area contributed by atoms with Crippen LogP contribution in [-0.4, -0.2) is 36.5 Å². The molecule has 8 heteroatoms. The molecule has 0 saturated carbocycles. The van der Waals surface area contributed by atoms with Gasteiger partial charge in [-0.2, -0.15) is 20.1 Å². The standard InChI is InChI=1S/C17H20N6O2/c1-10-17(12(3)24)11(2)23(19-10)8-7-16(25)18-13-5-6-14-15(9-13)21-22(4)20-14/h5-6,9H,7-8H2,1-4H3,(H,18,25). The third-order valence-electron chi connectivity index (χ3n) is 4.05. The Hall–Kier alpha value is -3.03. The highest BCUT2D eigenvalue weighted by Crippen LogP contribution is 2.17. The maximum absolute atomic E-state index is 12.2. The van der Waals surface area contributed by atoms with Gasteiger partial charge in [0.15, 0.2) is 5.78 Å². The summed E-state index contributed by atoms with van der Waals surface area (Å²) in [6, 6.07) is 5.40. The molecule has 1 aromatic carbocycles. The number of Topliss-reactive ketones (excluding diaryl/α,β-unsaturated/α-hetero) is 1. The number of rotatable bonds is 5. The highest BCUT2D eigenvalue weighted by molar-refractivity contribution is 5.96. The van der Waals surface area contributed by atoms with Gasteiger partial charge < -0.3 is 5.32 Å². The van der Waals surface area contributed by atoms with Crippen LogP contribution in [0.25, 0.3) is 11.0 Å². The van der Waals surface area contributed by atoms with Crippen molar-refractivity contribution in [2.45, 2.75) is 33.7 Å². The number of benzene rings is 1. The van der Waals surface area contributed by atoms with Crippen LogP contribution in [0.15, 0.2) is 18.2 Å². The Morgan fingerprint density at radius 2 is 1.84 bits per heavy atom. The van der Waals surface area contributed by atoms with Gasteiger partial charge in [-0.25, -0.2) is 0 Å². The van der Waals surface area contributed by atoms with Crippen LogP contribution in [0.1, 0.15) is 35.1 Å². The minimum absolute atomic E-state index is 0.0111. The summed E-state index contributed by atoms with van der Waals surface area (Å²) in [5.41, 5.74) is 4.30. The second-order valence-electron chi connectivity index (χ2n) is 6.02. The number of hydrogen-bond donors (Lipinski definition) is 1. The Bertz CT molecular complexity index is 969. The number of aryl methyl sites for hydroxylation is 3. The van der Waals surface area contributed by atoms with Crippen molar-refractivity contribution in [3.63, 3.8) is 0 Å². The van der Waals surface area contributed by atoms with Gasteiger partial charge in [-0.1, -0.05) is 0 Å². The minimum Gasteiger partial charge on any atom is -0.326 e. The molecule has 0 unspecified atom stereocenters. The van der Waals surface area contributed by atoms with Crippen LogP contribution in [0.5, 0.6) is 0 Å². The van der Waals surface area contributed by atoms with Crippen molar-refractivity contribution < 1.29 is 9.59 Å². The Labute approximate surface area is 144 Å². The highest BCUT2D eigenvalue weighted by Gasteiger charge is 2.15. The fourth-order valence-corrected chi connectivity index (χ4v) is 2.96. The molecule has 2 heterocycles. The minimum atomic E-state index is -0.125. The van der Waals surface area contributed by atoms with E-state index in [1.165, 1.54) is 11.7 Å². The number of ketones is 1. The summed E-state index contributed by atoms with van der Waals surface area (Å²) < 4.78 is 1.71. The predicted molar refractivity (Wildman–Crippen MR) is 93.5 cm³/mol. The lowest BCUT2D eigenvalue weighted by molar-refractivity contribution is -0.116. The number of carbonyl (C=O) groups excluding carboxylic acids is 2. The van der Waals surface area contributed by atoms with Gasteiger partial charge in [0, 0.05) is 31.4 Å². The first-order chi connectivity index (χ1) is 11.8. The number of anilines is 1. The van der Waals surface area contributed by atoms with Crippen LogP contribution in [0.2, 0.25) is 0 Å². The first-order valence-corrected chi connectivity index (χ1v) is 8.01. The number of nitrogens with zero attached hydrogens (tertiary/aromatic N) is 5. The zero-order valence-corrected chi connectivity index (χ0v) is 14.7. The van der Waals surface area contributed by atoms with Crippen molar-refractivity contribution in [2.75, 3.05) is 5.32 Å². The second-order valence-corrected chi connectivity index (χ2v) is 6.02. The topological polar surface area (TPSA) is 94.7 Å². The molecule has 0 aliphatic heterocycles. The lowest BCUT2D eigenvalue weighted by atomic mass is 10.1. The van der Waals surface area contributed by atoms with Crippen LogP contribution in [-0.2, 0) is 18.4 Å². The number of amides is 1. The fraction of sp³-hybridized carbons (Fsp3) is 0.353. The summed E-state index contributed by atoms with van der Waals surface area (Å²) in [5.74, 6) is -0.136. The Kier molecular flexibility index (Phi) is 4.35. The quantitative estimate of drug-likeness (QED) is 0.717. The van der Waals surface area contributed by atoms with Crippen molar-refractivity contribution >= 4 is 28.4 Å².